The largest absolute Gasteiger partial charge is 0.316 e. The summed E-state index contributed by atoms with van der Waals surface area (Å²) in [6.07, 6.45) is 4.17. The van der Waals surface area contributed by atoms with Gasteiger partial charge in [0.1, 0.15) is 0 Å². The molecule has 0 aromatic carbocycles. The minimum absolute atomic E-state index is 0.427. The Morgan fingerprint density at radius 3 is 2.30 bits per heavy atom. The molecule has 1 saturated carbocycles. The van der Waals surface area contributed by atoms with Gasteiger partial charge in [0.15, 0.2) is 0 Å². The highest BCUT2D eigenvalue weighted by Crippen LogP contribution is 2.28. The van der Waals surface area contributed by atoms with Gasteiger partial charge < -0.3 is 10.2 Å². The van der Waals surface area contributed by atoms with Crippen molar-refractivity contribution in [3.63, 3.8) is 0 Å². The van der Waals surface area contributed by atoms with Crippen molar-refractivity contribution in [3.05, 3.63) is 0 Å². The van der Waals surface area contributed by atoms with Crippen molar-refractivity contribution in [3.8, 4) is 0 Å². The number of hydrogen-bond acceptors (Lipinski definition) is 3. The van der Waals surface area contributed by atoms with Crippen LogP contribution in [0.25, 0.3) is 0 Å². The third-order valence-electron chi connectivity index (χ3n) is 5.03. The average Bonchev–Trinajstić information content (AvgIpc) is 3.23. The maximum atomic E-state index is 3.67. The zero-order chi connectivity index (χ0) is 14.6. The van der Waals surface area contributed by atoms with Gasteiger partial charge in [-0.3, -0.25) is 4.90 Å². The Labute approximate surface area is 126 Å². The number of nitrogens with one attached hydrogen (secondary N) is 1. The Morgan fingerprint density at radius 2 is 1.80 bits per heavy atom. The SMILES string of the molecule is CCC(C)(CNCC(C)C)CN1CCN(C2CC2)CC1. The fraction of sp³-hybridized carbons (Fsp3) is 1.00. The molecule has 0 bridgehead atoms. The monoisotopic (exact) mass is 281 g/mol. The summed E-state index contributed by atoms with van der Waals surface area (Å²) in [6.45, 7) is 18.1. The Morgan fingerprint density at radius 1 is 1.15 bits per heavy atom. The molecular weight excluding hydrogens is 246 g/mol. The second kappa shape index (κ2) is 7.24. The standard InChI is InChI=1S/C17H35N3/c1-5-17(4,13-18-12-15(2)3)14-19-8-10-20(11-9-19)16-6-7-16/h15-16,18H,5-14H2,1-4H3. The van der Waals surface area contributed by atoms with Crippen LogP contribution in [0.4, 0.5) is 0 Å². The summed E-state index contributed by atoms with van der Waals surface area (Å²) in [5.74, 6) is 0.748. The molecule has 0 aromatic heterocycles. The van der Waals surface area contributed by atoms with Crippen LogP contribution in [0.1, 0.15) is 47.0 Å². The van der Waals surface area contributed by atoms with Gasteiger partial charge in [-0.05, 0) is 37.1 Å². The lowest BCUT2D eigenvalue weighted by Gasteiger charge is -2.40. The van der Waals surface area contributed by atoms with Crippen LogP contribution < -0.4 is 5.32 Å². The first-order chi connectivity index (χ1) is 9.52. The van der Waals surface area contributed by atoms with Gasteiger partial charge in [-0.1, -0.05) is 27.7 Å². The maximum Gasteiger partial charge on any atom is 0.0113 e. The second-order valence-corrected chi connectivity index (χ2v) is 7.73. The molecule has 118 valence electrons. The minimum atomic E-state index is 0.427. The summed E-state index contributed by atoms with van der Waals surface area (Å²) in [5.41, 5.74) is 0.427. The van der Waals surface area contributed by atoms with Gasteiger partial charge in [0.2, 0.25) is 0 Å². The molecule has 1 saturated heterocycles. The van der Waals surface area contributed by atoms with Crippen LogP contribution in [0.5, 0.6) is 0 Å². The van der Waals surface area contributed by atoms with Crippen molar-refractivity contribution in [2.45, 2.75) is 53.0 Å². The first-order valence-electron chi connectivity index (χ1n) is 8.69. The third kappa shape index (κ3) is 5.01. The van der Waals surface area contributed by atoms with E-state index in [4.69, 9.17) is 0 Å². The highest BCUT2D eigenvalue weighted by molar-refractivity contribution is 4.89. The van der Waals surface area contributed by atoms with Gasteiger partial charge in [0, 0.05) is 45.3 Å². The molecule has 1 atom stereocenters. The van der Waals surface area contributed by atoms with Gasteiger partial charge in [0.05, 0.1) is 0 Å². The van der Waals surface area contributed by atoms with Crippen molar-refractivity contribution in [2.75, 3.05) is 45.8 Å². The van der Waals surface area contributed by atoms with Crippen LogP contribution in [0.15, 0.2) is 0 Å². The highest BCUT2D eigenvalue weighted by atomic mass is 15.3. The van der Waals surface area contributed by atoms with Crippen LogP contribution >= 0.6 is 0 Å². The molecule has 0 radical (unpaired) electrons. The van der Waals surface area contributed by atoms with Crippen LogP contribution in [0, 0.1) is 11.3 Å². The number of hydrogen-bond donors (Lipinski definition) is 1. The first kappa shape index (κ1) is 16.3. The fourth-order valence-corrected chi connectivity index (χ4v) is 3.22. The van der Waals surface area contributed by atoms with Gasteiger partial charge >= 0.3 is 0 Å². The molecule has 0 amide bonds. The summed E-state index contributed by atoms with van der Waals surface area (Å²) >= 11 is 0. The van der Waals surface area contributed by atoms with Gasteiger partial charge in [0.25, 0.3) is 0 Å². The van der Waals surface area contributed by atoms with E-state index in [1.54, 1.807) is 0 Å². The lowest BCUT2D eigenvalue weighted by molar-refractivity contribution is 0.0842. The van der Waals surface area contributed by atoms with Crippen molar-refractivity contribution >= 4 is 0 Å². The van der Waals surface area contributed by atoms with Gasteiger partial charge in [-0.15, -0.1) is 0 Å². The Kier molecular flexibility index (Phi) is 5.88. The van der Waals surface area contributed by atoms with Crippen molar-refractivity contribution < 1.29 is 0 Å². The van der Waals surface area contributed by atoms with E-state index in [0.717, 1.165) is 25.0 Å². The molecule has 20 heavy (non-hydrogen) atoms. The topological polar surface area (TPSA) is 18.5 Å². The maximum absolute atomic E-state index is 3.67. The predicted molar refractivity (Wildman–Crippen MR) is 87.1 cm³/mol. The zero-order valence-corrected chi connectivity index (χ0v) is 14.1. The third-order valence-corrected chi connectivity index (χ3v) is 5.03. The molecule has 1 aliphatic carbocycles. The lowest BCUT2D eigenvalue weighted by Crippen LogP contribution is -2.51. The van der Waals surface area contributed by atoms with E-state index in [1.807, 2.05) is 0 Å². The van der Waals surface area contributed by atoms with E-state index >= 15 is 0 Å². The second-order valence-electron chi connectivity index (χ2n) is 7.73. The number of rotatable bonds is 8. The Bertz CT molecular complexity index is 280. The van der Waals surface area contributed by atoms with Crippen molar-refractivity contribution in [1.29, 1.82) is 0 Å². The van der Waals surface area contributed by atoms with Gasteiger partial charge in [-0.25, -0.2) is 0 Å². The summed E-state index contributed by atoms with van der Waals surface area (Å²) in [5, 5.41) is 3.67. The smallest absolute Gasteiger partial charge is 0.0113 e. The Balaban J connectivity index is 1.71. The summed E-state index contributed by atoms with van der Waals surface area (Å²) in [6, 6.07) is 0.947. The molecule has 3 heteroatoms. The molecule has 2 fully saturated rings. The van der Waals surface area contributed by atoms with Crippen LogP contribution in [0.2, 0.25) is 0 Å². The van der Waals surface area contributed by atoms with Crippen molar-refractivity contribution in [1.82, 2.24) is 15.1 Å². The first-order valence-corrected chi connectivity index (χ1v) is 8.69. The van der Waals surface area contributed by atoms with Crippen LogP contribution in [-0.2, 0) is 0 Å². The van der Waals surface area contributed by atoms with E-state index in [-0.39, 0.29) is 0 Å². The van der Waals surface area contributed by atoms with E-state index < -0.39 is 0 Å². The van der Waals surface area contributed by atoms with E-state index in [9.17, 15) is 0 Å². The predicted octanol–water partition coefficient (Wildman–Crippen LogP) is 2.43. The number of piperazine rings is 1. The molecule has 0 spiro atoms. The summed E-state index contributed by atoms with van der Waals surface area (Å²) in [4.78, 5) is 5.40. The molecular formula is C17H35N3. The highest BCUT2D eigenvalue weighted by Gasteiger charge is 2.33. The summed E-state index contributed by atoms with van der Waals surface area (Å²) < 4.78 is 0. The fourth-order valence-electron chi connectivity index (χ4n) is 3.22. The summed E-state index contributed by atoms with van der Waals surface area (Å²) in [7, 11) is 0. The zero-order valence-electron chi connectivity index (χ0n) is 14.1. The molecule has 1 N–H and O–H groups in total. The molecule has 2 aliphatic rings. The molecule has 1 heterocycles. The normalized spacial score (nSPS) is 25.1. The molecule has 2 rings (SSSR count). The van der Waals surface area contributed by atoms with E-state index in [0.29, 0.717) is 5.41 Å². The van der Waals surface area contributed by atoms with Crippen LogP contribution in [0.3, 0.4) is 0 Å². The quantitative estimate of drug-likeness (QED) is 0.737. The molecule has 0 aromatic rings. The Hall–Kier alpha value is -0.120. The van der Waals surface area contributed by atoms with E-state index in [2.05, 4.69) is 42.8 Å². The van der Waals surface area contributed by atoms with E-state index in [1.165, 1.54) is 52.0 Å². The van der Waals surface area contributed by atoms with Crippen molar-refractivity contribution in [2.24, 2.45) is 11.3 Å². The number of nitrogens with zero attached hydrogens (tertiary/aromatic N) is 2. The molecule has 3 nitrogen and oxygen atoms in total. The van der Waals surface area contributed by atoms with Gasteiger partial charge in [-0.2, -0.15) is 0 Å². The minimum Gasteiger partial charge on any atom is -0.316 e. The average molecular weight is 281 g/mol. The lowest BCUT2D eigenvalue weighted by atomic mass is 9.86. The molecule has 1 unspecified atom stereocenters. The van der Waals surface area contributed by atoms with Crippen LogP contribution in [-0.4, -0.2) is 61.7 Å². The molecule has 1 aliphatic heterocycles.